The van der Waals surface area contributed by atoms with E-state index in [2.05, 4.69) is 29.4 Å². The molecule has 2 amide bonds. The first-order chi connectivity index (χ1) is 11.0. The maximum Gasteiger partial charge on any atom is 0.244 e. The van der Waals surface area contributed by atoms with Crippen LogP contribution in [0.1, 0.15) is 51.2 Å². The highest BCUT2D eigenvalue weighted by atomic mass is 32.2. The highest BCUT2D eigenvalue weighted by molar-refractivity contribution is 7.99. The van der Waals surface area contributed by atoms with E-state index in [4.69, 9.17) is 0 Å². The fourth-order valence-corrected chi connectivity index (χ4v) is 3.76. The lowest BCUT2D eigenvalue weighted by Gasteiger charge is -2.22. The summed E-state index contributed by atoms with van der Waals surface area (Å²) in [4.78, 5) is 26.2. The minimum Gasteiger partial charge on any atom is -0.347 e. The third-order valence-electron chi connectivity index (χ3n) is 3.91. The van der Waals surface area contributed by atoms with Crippen LogP contribution in [0.4, 0.5) is 0 Å². The Balaban J connectivity index is 1.95. The number of nitrogens with zero attached hydrogens (tertiary/aromatic N) is 4. The van der Waals surface area contributed by atoms with Crippen LogP contribution < -0.4 is 5.32 Å². The quantitative estimate of drug-likeness (QED) is 0.844. The number of thioether (sulfide) groups is 1. The molecule has 0 spiro atoms. The first-order valence-electron chi connectivity index (χ1n) is 7.98. The first kappa shape index (κ1) is 17.8. The van der Waals surface area contributed by atoms with E-state index in [-0.39, 0.29) is 23.8 Å². The van der Waals surface area contributed by atoms with Gasteiger partial charge in [0.05, 0.1) is 12.4 Å². The number of rotatable bonds is 6. The van der Waals surface area contributed by atoms with Gasteiger partial charge in [0.15, 0.2) is 5.82 Å². The van der Waals surface area contributed by atoms with Crippen molar-refractivity contribution in [3.63, 3.8) is 0 Å². The van der Waals surface area contributed by atoms with E-state index in [0.717, 1.165) is 18.1 Å². The van der Waals surface area contributed by atoms with Gasteiger partial charge in [0.25, 0.3) is 0 Å². The van der Waals surface area contributed by atoms with Gasteiger partial charge in [-0.1, -0.05) is 20.8 Å². The molecule has 7 nitrogen and oxygen atoms in total. The van der Waals surface area contributed by atoms with E-state index >= 15 is 0 Å². The summed E-state index contributed by atoms with van der Waals surface area (Å²) in [5.41, 5.74) is 0. The van der Waals surface area contributed by atoms with Crippen molar-refractivity contribution >= 4 is 23.6 Å². The molecule has 1 saturated heterocycles. The number of carbonyl (C=O) groups is 2. The zero-order valence-corrected chi connectivity index (χ0v) is 15.0. The summed E-state index contributed by atoms with van der Waals surface area (Å²) in [5.74, 6) is 3.08. The first-order valence-corrected chi connectivity index (χ1v) is 9.14. The molecule has 0 saturated carbocycles. The van der Waals surface area contributed by atoms with E-state index in [0.29, 0.717) is 24.6 Å². The topological polar surface area (TPSA) is 80.1 Å². The van der Waals surface area contributed by atoms with Crippen molar-refractivity contribution < 1.29 is 9.59 Å². The Morgan fingerprint density at radius 1 is 1.39 bits per heavy atom. The molecule has 1 aliphatic heterocycles. The predicted molar refractivity (Wildman–Crippen MR) is 89.8 cm³/mol. The van der Waals surface area contributed by atoms with Crippen molar-refractivity contribution in [2.24, 2.45) is 7.05 Å². The number of aromatic nitrogens is 3. The van der Waals surface area contributed by atoms with Crippen LogP contribution in [-0.4, -0.2) is 49.2 Å². The van der Waals surface area contributed by atoms with Crippen molar-refractivity contribution in [3.8, 4) is 0 Å². The summed E-state index contributed by atoms with van der Waals surface area (Å²) >= 11 is 1.62. The summed E-state index contributed by atoms with van der Waals surface area (Å²) < 4.78 is 1.91. The molecule has 1 N–H and O–H groups in total. The predicted octanol–water partition coefficient (Wildman–Crippen LogP) is 1.26. The summed E-state index contributed by atoms with van der Waals surface area (Å²) in [6.07, 6.45) is 1.29. The molecular weight excluding hydrogens is 314 g/mol. The van der Waals surface area contributed by atoms with Crippen LogP contribution in [0.25, 0.3) is 0 Å². The second-order valence-electron chi connectivity index (χ2n) is 6.04. The van der Waals surface area contributed by atoms with Crippen LogP contribution in [0, 0.1) is 0 Å². The summed E-state index contributed by atoms with van der Waals surface area (Å²) in [5, 5.41) is 11.2. The zero-order valence-electron chi connectivity index (χ0n) is 14.2. The summed E-state index contributed by atoms with van der Waals surface area (Å²) in [6.45, 7) is 6.40. The lowest BCUT2D eigenvalue weighted by Crippen LogP contribution is -2.47. The Hall–Kier alpha value is -1.57. The molecule has 0 aliphatic carbocycles. The Morgan fingerprint density at radius 3 is 2.74 bits per heavy atom. The standard InChI is InChI=1S/C15H25N5O2S/c1-5-6-13(21)20-9-23-8-11(20)15(22)16-7-12-17-18-14(10(2)3)19(12)4/h10-11H,5-9H2,1-4H3,(H,16,22)/t11-/m0/s1. The molecule has 1 fully saturated rings. The van der Waals surface area contributed by atoms with Crippen molar-refractivity contribution in [2.45, 2.75) is 52.1 Å². The van der Waals surface area contributed by atoms with E-state index in [1.807, 2.05) is 18.5 Å². The molecule has 2 heterocycles. The number of hydrogen-bond acceptors (Lipinski definition) is 5. The molecule has 1 aromatic rings. The molecule has 1 aromatic heterocycles. The molecule has 2 rings (SSSR count). The zero-order chi connectivity index (χ0) is 17.0. The normalized spacial score (nSPS) is 17.8. The van der Waals surface area contributed by atoms with Crippen LogP contribution in [0.2, 0.25) is 0 Å². The molecule has 1 atom stereocenters. The largest absolute Gasteiger partial charge is 0.347 e. The third kappa shape index (κ3) is 4.04. The monoisotopic (exact) mass is 339 g/mol. The van der Waals surface area contributed by atoms with Crippen molar-refractivity contribution in [1.82, 2.24) is 25.0 Å². The lowest BCUT2D eigenvalue weighted by atomic mass is 10.2. The van der Waals surface area contributed by atoms with Gasteiger partial charge in [0.1, 0.15) is 11.9 Å². The molecule has 0 bridgehead atoms. The molecular formula is C15H25N5O2S. The van der Waals surface area contributed by atoms with Crippen molar-refractivity contribution in [1.29, 1.82) is 0 Å². The van der Waals surface area contributed by atoms with Crippen LogP contribution in [0.15, 0.2) is 0 Å². The number of hydrogen-bond donors (Lipinski definition) is 1. The Bertz CT molecular complexity index is 572. The summed E-state index contributed by atoms with van der Waals surface area (Å²) in [6, 6.07) is -0.378. The lowest BCUT2D eigenvalue weighted by molar-refractivity contribution is -0.138. The van der Waals surface area contributed by atoms with Gasteiger partial charge in [-0.2, -0.15) is 0 Å². The average Bonchev–Trinajstić information content (AvgIpc) is 3.12. The second kappa shape index (κ2) is 7.81. The van der Waals surface area contributed by atoms with Crippen LogP contribution in [0.5, 0.6) is 0 Å². The van der Waals surface area contributed by atoms with Gasteiger partial charge < -0.3 is 14.8 Å². The Labute approximate surface area is 141 Å². The average molecular weight is 339 g/mol. The fraction of sp³-hybridized carbons (Fsp3) is 0.733. The van der Waals surface area contributed by atoms with Gasteiger partial charge >= 0.3 is 0 Å². The van der Waals surface area contributed by atoms with E-state index in [1.54, 1.807) is 16.7 Å². The molecule has 1 aliphatic rings. The minimum absolute atomic E-state index is 0.0541. The highest BCUT2D eigenvalue weighted by Gasteiger charge is 2.34. The number of carbonyl (C=O) groups excluding carboxylic acids is 2. The van der Waals surface area contributed by atoms with Crippen molar-refractivity contribution in [2.75, 3.05) is 11.6 Å². The van der Waals surface area contributed by atoms with Gasteiger partial charge in [-0.05, 0) is 6.42 Å². The van der Waals surface area contributed by atoms with Gasteiger partial charge in [-0.25, -0.2) is 0 Å². The molecule has 8 heteroatoms. The second-order valence-corrected chi connectivity index (χ2v) is 7.03. The van der Waals surface area contributed by atoms with Crippen LogP contribution in [-0.2, 0) is 23.2 Å². The molecule has 128 valence electrons. The molecule has 23 heavy (non-hydrogen) atoms. The minimum atomic E-state index is -0.378. The van der Waals surface area contributed by atoms with Gasteiger partial charge in [-0.3, -0.25) is 9.59 Å². The van der Waals surface area contributed by atoms with E-state index < -0.39 is 0 Å². The van der Waals surface area contributed by atoms with E-state index in [1.165, 1.54) is 0 Å². The smallest absolute Gasteiger partial charge is 0.244 e. The molecule has 0 radical (unpaired) electrons. The van der Waals surface area contributed by atoms with Crippen LogP contribution in [0.3, 0.4) is 0 Å². The highest BCUT2D eigenvalue weighted by Crippen LogP contribution is 2.22. The fourth-order valence-electron chi connectivity index (χ4n) is 2.58. The number of amides is 2. The van der Waals surface area contributed by atoms with Gasteiger partial charge in [-0.15, -0.1) is 22.0 Å². The Kier molecular flexibility index (Phi) is 6.04. The van der Waals surface area contributed by atoms with Crippen molar-refractivity contribution in [3.05, 3.63) is 11.6 Å². The summed E-state index contributed by atoms with van der Waals surface area (Å²) in [7, 11) is 1.90. The number of nitrogens with one attached hydrogen (secondary N) is 1. The third-order valence-corrected chi connectivity index (χ3v) is 4.92. The SMILES string of the molecule is CCCC(=O)N1CSC[C@H]1C(=O)NCc1nnc(C(C)C)n1C. The van der Waals surface area contributed by atoms with Gasteiger partial charge in [0, 0.05) is 25.1 Å². The molecule has 0 unspecified atom stereocenters. The van der Waals surface area contributed by atoms with Crippen LogP contribution >= 0.6 is 11.8 Å². The van der Waals surface area contributed by atoms with E-state index in [9.17, 15) is 9.59 Å². The molecule has 0 aromatic carbocycles. The Morgan fingerprint density at radius 2 is 2.13 bits per heavy atom. The van der Waals surface area contributed by atoms with Gasteiger partial charge in [0.2, 0.25) is 11.8 Å². The maximum atomic E-state index is 12.4. The maximum absolute atomic E-state index is 12.4.